The van der Waals surface area contributed by atoms with Crippen molar-refractivity contribution in [2.24, 2.45) is 0 Å². The number of anilines is 1. The fourth-order valence-electron chi connectivity index (χ4n) is 2.39. The number of hydrogen-bond acceptors (Lipinski definition) is 1. The Morgan fingerprint density at radius 2 is 1.62 bits per heavy atom. The van der Waals surface area contributed by atoms with Gasteiger partial charge in [-0.25, -0.2) is 0 Å². The molecular formula is C22H27NO. The summed E-state index contributed by atoms with van der Waals surface area (Å²) < 4.78 is 0. The van der Waals surface area contributed by atoms with Gasteiger partial charge >= 0.3 is 0 Å². The highest BCUT2D eigenvalue weighted by Gasteiger charge is 2.13. The number of benzene rings is 2. The minimum Gasteiger partial charge on any atom is -0.322 e. The zero-order chi connectivity index (χ0) is 17.6. The molecule has 24 heavy (non-hydrogen) atoms. The first-order chi connectivity index (χ1) is 11.4. The minimum atomic E-state index is -0.0809. The van der Waals surface area contributed by atoms with Gasteiger partial charge in [0.2, 0.25) is 0 Å². The minimum absolute atomic E-state index is 0.0809. The van der Waals surface area contributed by atoms with Crippen molar-refractivity contribution >= 4 is 17.7 Å². The molecule has 0 aliphatic carbocycles. The number of hydrogen-bond donors (Lipinski definition) is 1. The molecule has 1 N–H and O–H groups in total. The lowest BCUT2D eigenvalue weighted by atomic mass is 9.87. The van der Waals surface area contributed by atoms with E-state index in [-0.39, 0.29) is 11.3 Å². The summed E-state index contributed by atoms with van der Waals surface area (Å²) in [5.74, 6) is -0.0809. The molecule has 0 aliphatic heterocycles. The van der Waals surface area contributed by atoms with Gasteiger partial charge in [0.05, 0.1) is 0 Å². The predicted molar refractivity (Wildman–Crippen MR) is 103 cm³/mol. The topological polar surface area (TPSA) is 29.1 Å². The maximum Gasteiger partial charge on any atom is 0.255 e. The van der Waals surface area contributed by atoms with E-state index in [9.17, 15) is 4.79 Å². The quantitative estimate of drug-likeness (QED) is 0.713. The van der Waals surface area contributed by atoms with Crippen LogP contribution in [0.15, 0.2) is 54.6 Å². The second kappa shape index (κ2) is 7.96. The van der Waals surface area contributed by atoms with Gasteiger partial charge in [-0.1, -0.05) is 70.5 Å². The predicted octanol–water partition coefficient (Wildman–Crippen LogP) is 6.05. The van der Waals surface area contributed by atoms with Gasteiger partial charge in [0, 0.05) is 11.3 Å². The van der Waals surface area contributed by atoms with Gasteiger partial charge in [0.25, 0.3) is 5.91 Å². The smallest absolute Gasteiger partial charge is 0.255 e. The van der Waals surface area contributed by atoms with Crippen LogP contribution in [0.1, 0.15) is 62.0 Å². The molecule has 0 saturated heterocycles. The monoisotopic (exact) mass is 321 g/mol. The van der Waals surface area contributed by atoms with Crippen molar-refractivity contribution in [3.8, 4) is 0 Å². The summed E-state index contributed by atoms with van der Waals surface area (Å²) in [5, 5.41) is 2.95. The van der Waals surface area contributed by atoms with Crippen molar-refractivity contribution in [1.82, 2.24) is 0 Å². The van der Waals surface area contributed by atoms with Crippen LogP contribution < -0.4 is 5.32 Å². The van der Waals surface area contributed by atoms with Crippen molar-refractivity contribution in [3.63, 3.8) is 0 Å². The molecule has 0 fully saturated rings. The van der Waals surface area contributed by atoms with Gasteiger partial charge in [-0.2, -0.15) is 0 Å². The number of carbonyl (C=O) groups excluding carboxylic acids is 1. The van der Waals surface area contributed by atoms with Crippen LogP contribution in [0, 0.1) is 0 Å². The molecule has 2 rings (SSSR count). The maximum atomic E-state index is 12.3. The third-order valence-electron chi connectivity index (χ3n) is 3.95. The van der Waals surface area contributed by atoms with Crippen molar-refractivity contribution in [3.05, 3.63) is 71.3 Å². The van der Waals surface area contributed by atoms with Crippen LogP contribution in [-0.4, -0.2) is 5.91 Å². The Balaban J connectivity index is 2.01. The number of rotatable bonds is 5. The molecule has 0 saturated carbocycles. The van der Waals surface area contributed by atoms with Crippen molar-refractivity contribution in [2.75, 3.05) is 5.32 Å². The lowest BCUT2D eigenvalue weighted by Gasteiger charge is -2.19. The SMILES string of the molecule is CCCC=Cc1ccc(C(=O)Nc2ccc(C(C)(C)C)cc2)cc1. The molecule has 2 nitrogen and oxygen atoms in total. The Morgan fingerprint density at radius 3 is 2.17 bits per heavy atom. The Kier molecular flexibility index (Phi) is 5.97. The van der Waals surface area contributed by atoms with Gasteiger partial charge in [0.1, 0.15) is 0 Å². The number of allylic oxidation sites excluding steroid dienone is 1. The van der Waals surface area contributed by atoms with Crippen LogP contribution in [0.25, 0.3) is 6.08 Å². The second-order valence-electron chi connectivity index (χ2n) is 7.09. The summed E-state index contributed by atoms with van der Waals surface area (Å²) in [7, 11) is 0. The number of unbranched alkanes of at least 4 members (excludes halogenated alkanes) is 1. The fraction of sp³-hybridized carbons (Fsp3) is 0.318. The summed E-state index contributed by atoms with van der Waals surface area (Å²) >= 11 is 0. The summed E-state index contributed by atoms with van der Waals surface area (Å²) in [6.45, 7) is 8.69. The van der Waals surface area contributed by atoms with E-state index in [1.54, 1.807) is 0 Å². The van der Waals surface area contributed by atoms with E-state index < -0.39 is 0 Å². The first kappa shape index (κ1) is 18.0. The highest BCUT2D eigenvalue weighted by molar-refractivity contribution is 6.04. The van der Waals surface area contributed by atoms with E-state index in [1.165, 1.54) is 5.56 Å². The third-order valence-corrected chi connectivity index (χ3v) is 3.95. The summed E-state index contributed by atoms with van der Waals surface area (Å²) in [6.07, 6.45) is 6.47. The Bertz CT molecular complexity index is 688. The molecular weight excluding hydrogens is 294 g/mol. The number of carbonyl (C=O) groups is 1. The molecule has 0 unspecified atom stereocenters. The summed E-state index contributed by atoms with van der Waals surface area (Å²) in [5.41, 5.74) is 3.98. The highest BCUT2D eigenvalue weighted by atomic mass is 16.1. The van der Waals surface area contributed by atoms with Crippen molar-refractivity contribution in [2.45, 2.75) is 46.0 Å². The molecule has 0 heterocycles. The molecule has 2 heteroatoms. The number of nitrogens with one attached hydrogen (secondary N) is 1. The van der Waals surface area contributed by atoms with Gasteiger partial charge in [-0.05, 0) is 47.2 Å². The second-order valence-corrected chi connectivity index (χ2v) is 7.09. The average molecular weight is 321 g/mol. The van der Waals surface area contributed by atoms with E-state index >= 15 is 0 Å². The van der Waals surface area contributed by atoms with Crippen molar-refractivity contribution < 1.29 is 4.79 Å². The molecule has 2 aromatic carbocycles. The normalized spacial score (nSPS) is 11.7. The van der Waals surface area contributed by atoms with Crippen LogP contribution in [0.4, 0.5) is 5.69 Å². The molecule has 1 amide bonds. The van der Waals surface area contributed by atoms with Gasteiger partial charge < -0.3 is 5.32 Å². The Morgan fingerprint density at radius 1 is 1.00 bits per heavy atom. The molecule has 0 atom stereocenters. The first-order valence-electron chi connectivity index (χ1n) is 8.58. The summed E-state index contributed by atoms with van der Waals surface area (Å²) in [4.78, 5) is 12.3. The van der Waals surface area contributed by atoms with E-state index in [2.05, 4.69) is 57.3 Å². The number of amides is 1. The van der Waals surface area contributed by atoms with E-state index in [4.69, 9.17) is 0 Å². The molecule has 126 valence electrons. The van der Waals surface area contributed by atoms with E-state index in [0.717, 1.165) is 24.1 Å². The van der Waals surface area contributed by atoms with Crippen molar-refractivity contribution in [1.29, 1.82) is 0 Å². The van der Waals surface area contributed by atoms with Gasteiger partial charge in [-0.15, -0.1) is 0 Å². The van der Waals surface area contributed by atoms with Gasteiger partial charge in [-0.3, -0.25) is 4.79 Å². The zero-order valence-corrected chi connectivity index (χ0v) is 15.1. The lowest BCUT2D eigenvalue weighted by molar-refractivity contribution is 0.102. The Hall–Kier alpha value is -2.35. The van der Waals surface area contributed by atoms with Crippen LogP contribution in [0.2, 0.25) is 0 Å². The fourth-order valence-corrected chi connectivity index (χ4v) is 2.39. The van der Waals surface area contributed by atoms with E-state index in [0.29, 0.717) is 5.56 Å². The highest BCUT2D eigenvalue weighted by Crippen LogP contribution is 2.23. The van der Waals surface area contributed by atoms with Crippen LogP contribution in [0.3, 0.4) is 0 Å². The molecule has 0 aliphatic rings. The lowest BCUT2D eigenvalue weighted by Crippen LogP contribution is -2.13. The standard InChI is InChI=1S/C22H27NO/c1-5-6-7-8-17-9-11-18(12-10-17)21(24)23-20-15-13-19(14-16-20)22(2,3)4/h7-16H,5-6H2,1-4H3,(H,23,24). The first-order valence-corrected chi connectivity index (χ1v) is 8.58. The molecule has 0 aromatic heterocycles. The molecule has 2 aromatic rings. The zero-order valence-electron chi connectivity index (χ0n) is 15.1. The largest absolute Gasteiger partial charge is 0.322 e. The molecule has 0 spiro atoms. The van der Waals surface area contributed by atoms with Crippen LogP contribution in [-0.2, 0) is 5.41 Å². The average Bonchev–Trinajstić information content (AvgIpc) is 2.55. The Labute approximate surface area is 145 Å². The molecule has 0 bridgehead atoms. The van der Waals surface area contributed by atoms with Crippen LogP contribution in [0.5, 0.6) is 0 Å². The summed E-state index contributed by atoms with van der Waals surface area (Å²) in [6, 6.07) is 15.7. The molecule has 0 radical (unpaired) electrons. The maximum absolute atomic E-state index is 12.3. The van der Waals surface area contributed by atoms with Crippen LogP contribution >= 0.6 is 0 Å². The third kappa shape index (κ3) is 5.09. The van der Waals surface area contributed by atoms with E-state index in [1.807, 2.05) is 36.4 Å². The van der Waals surface area contributed by atoms with Gasteiger partial charge in [0.15, 0.2) is 0 Å².